The average molecular weight is 550 g/mol. The monoisotopic (exact) mass is 550 g/mol. The molecule has 1 aromatic heterocycles. The maximum absolute atomic E-state index is 12.4. The Bertz CT molecular complexity index is 908. The summed E-state index contributed by atoms with van der Waals surface area (Å²) < 4.78 is 5.60. The molecule has 0 aliphatic carbocycles. The van der Waals surface area contributed by atoms with Crippen LogP contribution in [0.1, 0.15) is 18.9 Å². The Morgan fingerprint density at radius 2 is 2.03 bits per heavy atom. The molecular weight excluding hydrogens is 519 g/mol. The fourth-order valence-corrected chi connectivity index (χ4v) is 3.97. The number of aromatic nitrogens is 1. The largest absolute Gasteiger partial charge is 0.375 e. The second-order valence-corrected chi connectivity index (χ2v) is 7.96. The van der Waals surface area contributed by atoms with Crippen molar-refractivity contribution in [3.8, 4) is 0 Å². The van der Waals surface area contributed by atoms with Gasteiger partial charge in [-0.25, -0.2) is 4.98 Å². The van der Waals surface area contributed by atoms with E-state index >= 15 is 0 Å². The van der Waals surface area contributed by atoms with Gasteiger partial charge in [0.2, 0.25) is 5.91 Å². The molecule has 2 aliphatic heterocycles. The molecule has 1 amide bonds. The number of halogens is 1. The second kappa shape index (κ2) is 11.5. The van der Waals surface area contributed by atoms with Crippen LogP contribution >= 0.6 is 24.0 Å². The van der Waals surface area contributed by atoms with Gasteiger partial charge in [-0.3, -0.25) is 9.79 Å². The number of aliphatic imine (C=N–C) groups is 1. The fraction of sp³-hybridized carbons (Fsp3) is 0.435. The van der Waals surface area contributed by atoms with Gasteiger partial charge in [0.1, 0.15) is 5.82 Å². The van der Waals surface area contributed by atoms with E-state index in [1.54, 1.807) is 7.05 Å². The number of anilines is 2. The number of ether oxygens (including phenoxy) is 1. The van der Waals surface area contributed by atoms with Gasteiger partial charge < -0.3 is 25.2 Å². The standard InChI is InChI=1S/C23H30N6O2.HI/c1-17-15-28(10-11-31-17)21-9-8-18(13-25-21)14-26-23(24-2)27-19-12-22(30)29(16-19)20-6-4-3-5-7-20;/h3-9,13,17,19H,10-12,14-16H2,1-2H3,(H2,24,26,27);1H. The Hall–Kier alpha value is -2.40. The van der Waals surface area contributed by atoms with Gasteiger partial charge in [0.15, 0.2) is 5.96 Å². The topological polar surface area (TPSA) is 82.1 Å². The van der Waals surface area contributed by atoms with Crippen molar-refractivity contribution in [2.75, 3.05) is 43.1 Å². The van der Waals surface area contributed by atoms with Crippen molar-refractivity contribution < 1.29 is 9.53 Å². The van der Waals surface area contributed by atoms with Gasteiger partial charge >= 0.3 is 0 Å². The third-order valence-electron chi connectivity index (χ3n) is 5.59. The first-order chi connectivity index (χ1) is 15.1. The molecule has 0 saturated carbocycles. The summed E-state index contributed by atoms with van der Waals surface area (Å²) in [5.41, 5.74) is 2.00. The van der Waals surface area contributed by atoms with Gasteiger partial charge in [-0.2, -0.15) is 0 Å². The molecule has 0 radical (unpaired) electrons. The maximum atomic E-state index is 12.4. The number of nitrogens with one attached hydrogen (secondary N) is 2. The third-order valence-corrected chi connectivity index (χ3v) is 5.59. The summed E-state index contributed by atoms with van der Waals surface area (Å²) in [5.74, 6) is 1.78. The van der Waals surface area contributed by atoms with Crippen LogP contribution in [0.2, 0.25) is 0 Å². The molecule has 2 saturated heterocycles. The van der Waals surface area contributed by atoms with Crippen LogP contribution in [0.15, 0.2) is 53.7 Å². The van der Waals surface area contributed by atoms with E-state index in [-0.39, 0.29) is 42.0 Å². The molecular formula is C23H31IN6O2. The molecule has 8 nitrogen and oxygen atoms in total. The number of amides is 1. The molecule has 2 N–H and O–H groups in total. The quantitative estimate of drug-likeness (QED) is 0.338. The number of para-hydroxylation sites is 1. The number of carbonyl (C=O) groups excluding carboxylic acids is 1. The highest BCUT2D eigenvalue weighted by Crippen LogP contribution is 2.21. The summed E-state index contributed by atoms with van der Waals surface area (Å²) in [6.07, 6.45) is 2.57. The molecule has 4 rings (SSSR count). The minimum absolute atomic E-state index is 0. The van der Waals surface area contributed by atoms with E-state index in [0.29, 0.717) is 25.5 Å². The smallest absolute Gasteiger partial charge is 0.229 e. The number of benzene rings is 1. The summed E-state index contributed by atoms with van der Waals surface area (Å²) in [7, 11) is 1.74. The van der Waals surface area contributed by atoms with Crippen molar-refractivity contribution in [3.05, 3.63) is 54.2 Å². The van der Waals surface area contributed by atoms with Crippen LogP contribution in [0.25, 0.3) is 0 Å². The first-order valence-corrected chi connectivity index (χ1v) is 10.8. The highest BCUT2D eigenvalue weighted by molar-refractivity contribution is 14.0. The van der Waals surface area contributed by atoms with E-state index in [9.17, 15) is 4.79 Å². The van der Waals surface area contributed by atoms with Crippen molar-refractivity contribution in [3.63, 3.8) is 0 Å². The summed E-state index contributed by atoms with van der Waals surface area (Å²) >= 11 is 0. The van der Waals surface area contributed by atoms with Crippen LogP contribution in [0.3, 0.4) is 0 Å². The summed E-state index contributed by atoms with van der Waals surface area (Å²) in [6, 6.07) is 13.9. The first kappa shape index (κ1) is 24.2. The SMILES string of the molecule is CN=C(NCc1ccc(N2CCOC(C)C2)nc1)NC1CC(=O)N(c2ccccc2)C1.I. The van der Waals surface area contributed by atoms with Gasteiger partial charge in [-0.15, -0.1) is 24.0 Å². The minimum atomic E-state index is 0. The normalized spacial score (nSPS) is 21.3. The molecule has 2 aromatic rings. The Balaban J connectivity index is 0.00000289. The zero-order chi connectivity index (χ0) is 21.6. The summed E-state index contributed by atoms with van der Waals surface area (Å²) in [4.78, 5) is 25.4. The number of hydrogen-bond donors (Lipinski definition) is 2. The molecule has 2 fully saturated rings. The second-order valence-electron chi connectivity index (χ2n) is 7.96. The van der Waals surface area contributed by atoms with Crippen LogP contribution in [-0.4, -0.2) is 62.3 Å². The predicted molar refractivity (Wildman–Crippen MR) is 138 cm³/mol. The van der Waals surface area contributed by atoms with Gasteiger partial charge in [-0.1, -0.05) is 24.3 Å². The molecule has 0 bridgehead atoms. The van der Waals surface area contributed by atoms with Crippen molar-refractivity contribution in [2.45, 2.75) is 32.0 Å². The molecule has 3 heterocycles. The van der Waals surface area contributed by atoms with Gasteiger partial charge in [0, 0.05) is 51.5 Å². The van der Waals surface area contributed by atoms with E-state index < -0.39 is 0 Å². The lowest BCUT2D eigenvalue weighted by Gasteiger charge is -2.32. The number of hydrogen-bond acceptors (Lipinski definition) is 5. The van der Waals surface area contributed by atoms with Gasteiger partial charge in [0.05, 0.1) is 18.8 Å². The summed E-state index contributed by atoms with van der Waals surface area (Å²) in [6.45, 7) is 5.78. The highest BCUT2D eigenvalue weighted by Gasteiger charge is 2.31. The molecule has 1 aromatic carbocycles. The molecule has 2 atom stereocenters. The Kier molecular flexibility index (Phi) is 8.68. The van der Waals surface area contributed by atoms with Crippen LogP contribution in [0.5, 0.6) is 0 Å². The summed E-state index contributed by atoms with van der Waals surface area (Å²) in [5, 5.41) is 6.69. The molecule has 2 unspecified atom stereocenters. The van der Waals surface area contributed by atoms with Gasteiger partial charge in [-0.05, 0) is 30.7 Å². The van der Waals surface area contributed by atoms with Crippen LogP contribution in [0, 0.1) is 0 Å². The van der Waals surface area contributed by atoms with Gasteiger partial charge in [0.25, 0.3) is 0 Å². The zero-order valence-corrected chi connectivity index (χ0v) is 20.9. The van der Waals surface area contributed by atoms with E-state index in [1.807, 2.05) is 41.4 Å². The lowest BCUT2D eigenvalue weighted by atomic mass is 10.2. The molecule has 32 heavy (non-hydrogen) atoms. The van der Waals surface area contributed by atoms with E-state index in [1.165, 1.54) is 0 Å². The number of carbonyl (C=O) groups is 1. The van der Waals surface area contributed by atoms with Crippen molar-refractivity contribution in [1.29, 1.82) is 0 Å². The van der Waals surface area contributed by atoms with Crippen molar-refractivity contribution in [1.82, 2.24) is 15.6 Å². The van der Waals surface area contributed by atoms with Crippen LogP contribution in [0.4, 0.5) is 11.5 Å². The predicted octanol–water partition coefficient (Wildman–Crippen LogP) is 2.40. The lowest BCUT2D eigenvalue weighted by Crippen LogP contribution is -2.44. The Morgan fingerprint density at radius 3 is 2.72 bits per heavy atom. The molecule has 2 aliphatic rings. The van der Waals surface area contributed by atoms with Crippen LogP contribution < -0.4 is 20.4 Å². The first-order valence-electron chi connectivity index (χ1n) is 10.8. The van der Waals surface area contributed by atoms with E-state index in [0.717, 1.165) is 36.8 Å². The maximum Gasteiger partial charge on any atom is 0.229 e. The average Bonchev–Trinajstić information content (AvgIpc) is 3.17. The number of guanidine groups is 1. The highest BCUT2D eigenvalue weighted by atomic mass is 127. The molecule has 9 heteroatoms. The zero-order valence-electron chi connectivity index (χ0n) is 18.5. The van der Waals surface area contributed by atoms with Crippen molar-refractivity contribution >= 4 is 47.3 Å². The fourth-order valence-electron chi connectivity index (χ4n) is 3.97. The lowest BCUT2D eigenvalue weighted by molar-refractivity contribution is -0.117. The third kappa shape index (κ3) is 6.10. The molecule has 0 spiro atoms. The Labute approximate surface area is 206 Å². The molecule has 172 valence electrons. The van der Waals surface area contributed by atoms with Crippen LogP contribution in [-0.2, 0) is 16.1 Å². The minimum Gasteiger partial charge on any atom is -0.375 e. The number of rotatable bonds is 5. The van der Waals surface area contributed by atoms with Crippen molar-refractivity contribution in [2.24, 2.45) is 4.99 Å². The van der Waals surface area contributed by atoms with E-state index in [2.05, 4.69) is 44.6 Å². The van der Waals surface area contributed by atoms with E-state index in [4.69, 9.17) is 4.74 Å². The Morgan fingerprint density at radius 1 is 1.22 bits per heavy atom. The number of morpholine rings is 1. The number of pyridine rings is 1. The number of nitrogens with zero attached hydrogens (tertiary/aromatic N) is 4.